The van der Waals surface area contributed by atoms with Crippen molar-refractivity contribution in [1.29, 1.82) is 0 Å². The number of halogens is 3. The van der Waals surface area contributed by atoms with Crippen molar-refractivity contribution in [2.24, 2.45) is 0 Å². The van der Waals surface area contributed by atoms with Crippen molar-refractivity contribution in [3.05, 3.63) is 29.8 Å². The maximum absolute atomic E-state index is 12.4. The zero-order valence-corrected chi connectivity index (χ0v) is 16.3. The van der Waals surface area contributed by atoms with Gasteiger partial charge in [0.2, 0.25) is 0 Å². The molecular formula is C17H23F3O6S. The topological polar surface area (TPSA) is 78.9 Å². The van der Waals surface area contributed by atoms with E-state index < -0.39 is 39.7 Å². The molecule has 0 N–H and O–H groups in total. The van der Waals surface area contributed by atoms with E-state index in [2.05, 4.69) is 8.92 Å². The number of hydrogen-bond donors (Lipinski definition) is 0. The van der Waals surface area contributed by atoms with Gasteiger partial charge in [-0.15, -0.1) is 13.2 Å². The van der Waals surface area contributed by atoms with Crippen molar-refractivity contribution in [2.45, 2.75) is 51.5 Å². The SMILES string of the molecule is CC(C)(C)OC(=O)CC(CCOS(C)(=O)=O)c1cccc(OC(F)(F)F)c1. The van der Waals surface area contributed by atoms with Crippen LogP contribution in [0, 0.1) is 0 Å². The van der Waals surface area contributed by atoms with Crippen LogP contribution < -0.4 is 4.74 Å². The molecule has 0 aliphatic carbocycles. The number of alkyl halides is 3. The first kappa shape index (κ1) is 23.2. The van der Waals surface area contributed by atoms with Crippen LogP contribution in [0.15, 0.2) is 24.3 Å². The molecule has 0 saturated heterocycles. The molecule has 0 fully saturated rings. The minimum absolute atomic E-state index is 0.0851. The Balaban J connectivity index is 2.98. The van der Waals surface area contributed by atoms with Gasteiger partial charge in [0.05, 0.1) is 19.3 Å². The highest BCUT2D eigenvalue weighted by Crippen LogP contribution is 2.30. The van der Waals surface area contributed by atoms with Gasteiger partial charge in [0, 0.05) is 0 Å². The van der Waals surface area contributed by atoms with Crippen molar-refractivity contribution in [1.82, 2.24) is 0 Å². The fourth-order valence-electron chi connectivity index (χ4n) is 2.28. The third-order valence-electron chi connectivity index (χ3n) is 3.16. The number of esters is 1. The Morgan fingerprint density at radius 2 is 1.81 bits per heavy atom. The molecule has 27 heavy (non-hydrogen) atoms. The van der Waals surface area contributed by atoms with E-state index in [9.17, 15) is 26.4 Å². The summed E-state index contributed by atoms with van der Waals surface area (Å²) in [5.41, 5.74) is -0.355. The Hall–Kier alpha value is -1.81. The molecule has 6 nitrogen and oxygen atoms in total. The van der Waals surface area contributed by atoms with Crippen LogP contribution in [-0.4, -0.2) is 39.2 Å². The Morgan fingerprint density at radius 3 is 2.33 bits per heavy atom. The second-order valence-corrected chi connectivity index (χ2v) is 8.57. The van der Waals surface area contributed by atoms with E-state index in [0.717, 1.165) is 18.4 Å². The summed E-state index contributed by atoms with van der Waals surface area (Å²) in [6.45, 7) is 4.83. The third kappa shape index (κ3) is 10.8. The van der Waals surface area contributed by atoms with Gasteiger partial charge < -0.3 is 9.47 Å². The van der Waals surface area contributed by atoms with Gasteiger partial charge in [-0.2, -0.15) is 8.42 Å². The minimum Gasteiger partial charge on any atom is -0.460 e. The standard InChI is InChI=1S/C17H23F3O6S/c1-16(2,3)26-15(21)11-13(8-9-24-27(4,22)23)12-6-5-7-14(10-12)25-17(18,19)20/h5-7,10,13H,8-9,11H2,1-4H3. The molecule has 1 aromatic carbocycles. The molecule has 0 aliphatic heterocycles. The largest absolute Gasteiger partial charge is 0.573 e. The second-order valence-electron chi connectivity index (χ2n) is 6.92. The van der Waals surface area contributed by atoms with Gasteiger partial charge in [-0.25, -0.2) is 0 Å². The molecule has 0 bridgehead atoms. The fraction of sp³-hybridized carbons (Fsp3) is 0.588. The van der Waals surface area contributed by atoms with E-state index in [0.29, 0.717) is 5.56 Å². The van der Waals surface area contributed by atoms with E-state index in [4.69, 9.17) is 4.74 Å². The average molecular weight is 412 g/mol. The number of benzene rings is 1. The highest BCUT2D eigenvalue weighted by Gasteiger charge is 2.31. The van der Waals surface area contributed by atoms with E-state index in [1.54, 1.807) is 20.8 Å². The summed E-state index contributed by atoms with van der Waals surface area (Å²) in [4.78, 5) is 12.1. The summed E-state index contributed by atoms with van der Waals surface area (Å²) in [6, 6.07) is 5.17. The predicted octanol–water partition coefficient (Wildman–Crippen LogP) is 3.77. The van der Waals surface area contributed by atoms with Crippen LogP contribution in [0.2, 0.25) is 0 Å². The van der Waals surface area contributed by atoms with Crippen LogP contribution >= 0.6 is 0 Å². The Bertz CT molecular complexity index is 738. The fourth-order valence-corrected chi connectivity index (χ4v) is 2.68. The van der Waals surface area contributed by atoms with Gasteiger partial charge in [-0.1, -0.05) is 12.1 Å². The van der Waals surface area contributed by atoms with Gasteiger partial charge in [0.25, 0.3) is 10.1 Å². The number of carbonyl (C=O) groups excluding carboxylic acids is 1. The molecule has 0 radical (unpaired) electrons. The normalized spacial score (nSPS) is 13.9. The van der Waals surface area contributed by atoms with Gasteiger partial charge in [0.1, 0.15) is 11.4 Å². The first-order valence-electron chi connectivity index (χ1n) is 8.06. The number of rotatable bonds is 8. The number of ether oxygens (including phenoxy) is 2. The van der Waals surface area contributed by atoms with Crippen LogP contribution in [0.1, 0.15) is 45.1 Å². The summed E-state index contributed by atoms with van der Waals surface area (Å²) in [5.74, 6) is -1.61. The first-order valence-corrected chi connectivity index (χ1v) is 9.88. The lowest BCUT2D eigenvalue weighted by atomic mass is 9.92. The first-order chi connectivity index (χ1) is 12.1. The third-order valence-corrected chi connectivity index (χ3v) is 3.75. The monoisotopic (exact) mass is 412 g/mol. The summed E-state index contributed by atoms with van der Waals surface area (Å²) < 4.78 is 73.3. The summed E-state index contributed by atoms with van der Waals surface area (Å²) in [5, 5.41) is 0. The quantitative estimate of drug-likeness (QED) is 0.478. The molecule has 0 saturated carbocycles. The summed E-state index contributed by atoms with van der Waals surface area (Å²) >= 11 is 0. The molecule has 154 valence electrons. The average Bonchev–Trinajstić information content (AvgIpc) is 2.41. The molecule has 10 heteroatoms. The lowest BCUT2D eigenvalue weighted by Crippen LogP contribution is -2.25. The van der Waals surface area contributed by atoms with Gasteiger partial charge >= 0.3 is 12.3 Å². The van der Waals surface area contributed by atoms with Gasteiger partial charge in [-0.3, -0.25) is 8.98 Å². The highest BCUT2D eigenvalue weighted by molar-refractivity contribution is 7.85. The lowest BCUT2D eigenvalue weighted by molar-refractivity contribution is -0.274. The maximum Gasteiger partial charge on any atom is 0.573 e. The maximum atomic E-state index is 12.4. The lowest BCUT2D eigenvalue weighted by Gasteiger charge is -2.23. The van der Waals surface area contributed by atoms with E-state index in [-0.39, 0.29) is 19.4 Å². The van der Waals surface area contributed by atoms with E-state index in [1.807, 2.05) is 0 Å². The van der Waals surface area contributed by atoms with Gasteiger partial charge in [-0.05, 0) is 50.8 Å². The molecule has 0 amide bonds. The molecule has 1 aromatic rings. The number of hydrogen-bond acceptors (Lipinski definition) is 6. The highest BCUT2D eigenvalue weighted by atomic mass is 32.2. The van der Waals surface area contributed by atoms with Crippen molar-refractivity contribution in [3.8, 4) is 5.75 Å². The molecule has 0 spiro atoms. The van der Waals surface area contributed by atoms with Crippen molar-refractivity contribution >= 4 is 16.1 Å². The Labute approximate surface area is 156 Å². The van der Waals surface area contributed by atoms with Crippen LogP contribution in [0.5, 0.6) is 5.75 Å². The summed E-state index contributed by atoms with van der Waals surface area (Å²) in [6.07, 6.45) is -4.03. The summed E-state index contributed by atoms with van der Waals surface area (Å²) in [7, 11) is -3.68. The minimum atomic E-state index is -4.85. The molecule has 0 aromatic heterocycles. The molecule has 0 heterocycles. The van der Waals surface area contributed by atoms with Crippen LogP contribution in [0.4, 0.5) is 13.2 Å². The second kappa shape index (κ2) is 8.92. The molecule has 1 unspecified atom stereocenters. The van der Waals surface area contributed by atoms with Crippen LogP contribution in [0.25, 0.3) is 0 Å². The van der Waals surface area contributed by atoms with Gasteiger partial charge in [0.15, 0.2) is 0 Å². The predicted molar refractivity (Wildman–Crippen MR) is 91.7 cm³/mol. The Morgan fingerprint density at radius 1 is 1.19 bits per heavy atom. The molecule has 0 aliphatic rings. The van der Waals surface area contributed by atoms with Crippen molar-refractivity contribution in [2.75, 3.05) is 12.9 Å². The smallest absolute Gasteiger partial charge is 0.460 e. The van der Waals surface area contributed by atoms with E-state index in [1.165, 1.54) is 12.1 Å². The van der Waals surface area contributed by atoms with Crippen LogP contribution in [0.3, 0.4) is 0 Å². The van der Waals surface area contributed by atoms with Crippen LogP contribution in [-0.2, 0) is 23.8 Å². The molecule has 1 rings (SSSR count). The molecular weight excluding hydrogens is 389 g/mol. The van der Waals surface area contributed by atoms with Crippen molar-refractivity contribution < 1.29 is 40.0 Å². The zero-order chi connectivity index (χ0) is 20.9. The zero-order valence-electron chi connectivity index (χ0n) is 15.5. The van der Waals surface area contributed by atoms with E-state index >= 15 is 0 Å². The van der Waals surface area contributed by atoms with Crippen molar-refractivity contribution in [3.63, 3.8) is 0 Å². The Kier molecular flexibility index (Phi) is 7.67. The molecule has 1 atom stereocenters. The number of carbonyl (C=O) groups is 1.